The molecule has 0 spiro atoms. The van der Waals surface area contributed by atoms with Crippen molar-refractivity contribution in [2.24, 2.45) is 0 Å². The fourth-order valence-corrected chi connectivity index (χ4v) is 3.06. The summed E-state index contributed by atoms with van der Waals surface area (Å²) in [4.78, 5) is 4.48. The van der Waals surface area contributed by atoms with Gasteiger partial charge in [-0.2, -0.15) is 0 Å². The van der Waals surface area contributed by atoms with Gasteiger partial charge in [-0.15, -0.1) is 0 Å². The van der Waals surface area contributed by atoms with E-state index in [9.17, 15) is 5.11 Å². The van der Waals surface area contributed by atoms with Gasteiger partial charge in [0.25, 0.3) is 0 Å². The molecular weight excluding hydrogens is 306 g/mol. The molecule has 0 saturated carbocycles. The van der Waals surface area contributed by atoms with Crippen LogP contribution in [0, 0.1) is 0 Å². The van der Waals surface area contributed by atoms with Gasteiger partial charge in [0.15, 0.2) is 0 Å². The van der Waals surface area contributed by atoms with Crippen LogP contribution < -0.4 is 0 Å². The van der Waals surface area contributed by atoms with Crippen molar-refractivity contribution in [2.45, 2.75) is 18.4 Å². The molecule has 0 aliphatic heterocycles. The second-order valence-electron chi connectivity index (χ2n) is 5.75. The van der Waals surface area contributed by atoms with Crippen molar-refractivity contribution in [3.05, 3.63) is 101 Å². The van der Waals surface area contributed by atoms with Crippen molar-refractivity contribution < 1.29 is 5.11 Å². The van der Waals surface area contributed by atoms with Crippen LogP contribution in [0.15, 0.2) is 79.0 Å². The van der Waals surface area contributed by atoms with E-state index in [1.807, 2.05) is 67.6 Å². The van der Waals surface area contributed by atoms with Crippen LogP contribution in [0.5, 0.6) is 0 Å². The summed E-state index contributed by atoms with van der Waals surface area (Å²) in [5, 5.41) is 12.0. The van der Waals surface area contributed by atoms with Crippen LogP contribution in [-0.2, 0) is 5.60 Å². The van der Waals surface area contributed by atoms with Crippen molar-refractivity contribution in [2.75, 3.05) is 0 Å². The lowest BCUT2D eigenvalue weighted by atomic mass is 9.76. The molecule has 1 heterocycles. The van der Waals surface area contributed by atoms with Crippen molar-refractivity contribution in [1.29, 1.82) is 0 Å². The van der Waals surface area contributed by atoms with Gasteiger partial charge in [0.05, 0.1) is 17.2 Å². The third-order valence-corrected chi connectivity index (χ3v) is 4.36. The number of aromatic nitrogens is 1. The molecule has 3 aromatic rings. The molecule has 0 bridgehead atoms. The van der Waals surface area contributed by atoms with Crippen LogP contribution in [0.2, 0.25) is 5.02 Å². The predicted octanol–water partition coefficient (Wildman–Crippen LogP) is 4.77. The molecule has 0 amide bonds. The molecule has 0 radical (unpaired) electrons. The van der Waals surface area contributed by atoms with Gasteiger partial charge in [0.1, 0.15) is 0 Å². The summed E-state index contributed by atoms with van der Waals surface area (Å²) in [6, 6.07) is 23.0. The van der Waals surface area contributed by atoms with E-state index in [-0.39, 0.29) is 5.92 Å². The van der Waals surface area contributed by atoms with Gasteiger partial charge in [-0.05, 0) is 42.3 Å². The van der Waals surface area contributed by atoms with Gasteiger partial charge in [0, 0.05) is 11.2 Å². The first kappa shape index (κ1) is 15.7. The SMILES string of the molecule is C[C@@](O)(c1ccc(Cl)cc1)[C@H](c1ccccc1)c1ccccn1. The molecule has 2 aromatic carbocycles. The number of hydrogen-bond donors (Lipinski definition) is 1. The minimum absolute atomic E-state index is 0.272. The second kappa shape index (κ2) is 6.53. The molecule has 3 heteroatoms. The van der Waals surface area contributed by atoms with Gasteiger partial charge < -0.3 is 5.11 Å². The Labute approximate surface area is 141 Å². The van der Waals surface area contributed by atoms with Crippen LogP contribution in [0.25, 0.3) is 0 Å². The van der Waals surface area contributed by atoms with E-state index in [1.54, 1.807) is 18.3 Å². The number of hydrogen-bond acceptors (Lipinski definition) is 2. The van der Waals surface area contributed by atoms with E-state index < -0.39 is 5.60 Å². The topological polar surface area (TPSA) is 33.1 Å². The summed E-state index contributed by atoms with van der Waals surface area (Å²) in [5.41, 5.74) is 1.55. The Morgan fingerprint density at radius 2 is 1.57 bits per heavy atom. The molecule has 116 valence electrons. The fraction of sp³-hybridized carbons (Fsp3) is 0.150. The van der Waals surface area contributed by atoms with E-state index in [1.165, 1.54) is 0 Å². The summed E-state index contributed by atoms with van der Waals surface area (Å²) >= 11 is 5.98. The highest BCUT2D eigenvalue weighted by atomic mass is 35.5. The molecule has 0 saturated heterocycles. The Morgan fingerprint density at radius 3 is 2.17 bits per heavy atom. The van der Waals surface area contributed by atoms with Gasteiger partial charge in [0.2, 0.25) is 0 Å². The Bertz CT molecular complexity index is 715. The Hall–Kier alpha value is -2.16. The summed E-state index contributed by atoms with van der Waals surface area (Å²) in [5.74, 6) is -0.272. The number of rotatable bonds is 4. The Morgan fingerprint density at radius 1 is 0.913 bits per heavy atom. The molecule has 23 heavy (non-hydrogen) atoms. The lowest BCUT2D eigenvalue weighted by Gasteiger charge is -2.33. The van der Waals surface area contributed by atoms with Crippen molar-refractivity contribution >= 4 is 11.6 Å². The van der Waals surface area contributed by atoms with E-state index in [0.29, 0.717) is 5.02 Å². The smallest absolute Gasteiger partial charge is 0.0992 e. The molecule has 3 rings (SSSR count). The summed E-state index contributed by atoms with van der Waals surface area (Å²) < 4.78 is 0. The zero-order valence-corrected chi connectivity index (χ0v) is 13.6. The molecule has 0 unspecified atom stereocenters. The normalized spacial score (nSPS) is 14.9. The standard InChI is InChI=1S/C20H18ClNO/c1-20(23,16-10-12-17(21)13-11-16)19(15-7-3-2-4-8-15)18-9-5-6-14-22-18/h2-14,19,23H,1H3/t19-,20-/m1/s1. The summed E-state index contributed by atoms with van der Waals surface area (Å²) in [6.07, 6.45) is 1.75. The first-order valence-corrected chi connectivity index (χ1v) is 7.91. The van der Waals surface area contributed by atoms with Crippen LogP contribution in [0.4, 0.5) is 0 Å². The van der Waals surface area contributed by atoms with Gasteiger partial charge in [-0.3, -0.25) is 4.98 Å². The van der Waals surface area contributed by atoms with Crippen LogP contribution in [0.1, 0.15) is 29.7 Å². The van der Waals surface area contributed by atoms with Gasteiger partial charge >= 0.3 is 0 Å². The molecule has 0 fully saturated rings. The highest BCUT2D eigenvalue weighted by molar-refractivity contribution is 6.30. The largest absolute Gasteiger partial charge is 0.384 e. The predicted molar refractivity (Wildman–Crippen MR) is 93.5 cm³/mol. The highest BCUT2D eigenvalue weighted by Crippen LogP contribution is 2.40. The average molecular weight is 324 g/mol. The second-order valence-corrected chi connectivity index (χ2v) is 6.19. The first-order valence-electron chi connectivity index (χ1n) is 7.53. The van der Waals surface area contributed by atoms with Gasteiger partial charge in [-0.25, -0.2) is 0 Å². The molecule has 0 aliphatic rings. The zero-order valence-electron chi connectivity index (χ0n) is 12.9. The molecule has 2 atom stereocenters. The van der Waals surface area contributed by atoms with Crippen molar-refractivity contribution in [1.82, 2.24) is 4.98 Å². The monoisotopic (exact) mass is 323 g/mol. The van der Waals surface area contributed by atoms with Crippen molar-refractivity contribution in [3.8, 4) is 0 Å². The zero-order chi connectivity index (χ0) is 16.3. The lowest BCUT2D eigenvalue weighted by molar-refractivity contribution is 0.0380. The molecular formula is C20H18ClNO. The third kappa shape index (κ3) is 3.29. The van der Waals surface area contributed by atoms with Crippen LogP contribution in [-0.4, -0.2) is 10.1 Å². The van der Waals surface area contributed by atoms with E-state index in [2.05, 4.69) is 4.98 Å². The number of halogens is 1. The highest BCUT2D eigenvalue weighted by Gasteiger charge is 2.36. The van der Waals surface area contributed by atoms with E-state index in [4.69, 9.17) is 11.6 Å². The Balaban J connectivity index is 2.13. The lowest BCUT2D eigenvalue weighted by Crippen LogP contribution is -2.31. The number of pyridine rings is 1. The number of nitrogens with zero attached hydrogens (tertiary/aromatic N) is 1. The van der Waals surface area contributed by atoms with E-state index >= 15 is 0 Å². The van der Waals surface area contributed by atoms with E-state index in [0.717, 1.165) is 16.8 Å². The minimum Gasteiger partial charge on any atom is -0.384 e. The van der Waals surface area contributed by atoms with Gasteiger partial charge in [-0.1, -0.05) is 60.1 Å². The number of benzene rings is 2. The van der Waals surface area contributed by atoms with Crippen molar-refractivity contribution in [3.63, 3.8) is 0 Å². The minimum atomic E-state index is -1.11. The molecule has 1 N–H and O–H groups in total. The molecule has 1 aromatic heterocycles. The molecule has 2 nitrogen and oxygen atoms in total. The Kier molecular flexibility index (Phi) is 4.46. The summed E-state index contributed by atoms with van der Waals surface area (Å²) in [6.45, 7) is 1.82. The maximum Gasteiger partial charge on any atom is 0.0992 e. The maximum absolute atomic E-state index is 11.4. The first-order chi connectivity index (χ1) is 11.1. The summed E-state index contributed by atoms with van der Waals surface area (Å²) in [7, 11) is 0. The number of aliphatic hydroxyl groups is 1. The maximum atomic E-state index is 11.4. The quantitative estimate of drug-likeness (QED) is 0.750. The third-order valence-electron chi connectivity index (χ3n) is 4.11. The fourth-order valence-electron chi connectivity index (χ4n) is 2.93. The molecule has 0 aliphatic carbocycles. The average Bonchev–Trinajstić information content (AvgIpc) is 2.57. The van der Waals surface area contributed by atoms with Crippen LogP contribution in [0.3, 0.4) is 0 Å². The van der Waals surface area contributed by atoms with Crippen LogP contribution >= 0.6 is 11.6 Å².